The Morgan fingerprint density at radius 2 is 2.30 bits per heavy atom. The molecule has 0 bridgehead atoms. The van der Waals surface area contributed by atoms with Crippen molar-refractivity contribution in [2.75, 3.05) is 0 Å². The molecule has 5 nitrogen and oxygen atoms in total. The third-order valence-electron chi connectivity index (χ3n) is 3.35. The van der Waals surface area contributed by atoms with Gasteiger partial charge < -0.3 is 9.26 Å². The van der Waals surface area contributed by atoms with E-state index < -0.39 is 0 Å². The SMILES string of the molecule is CCc1noc(COC(=O)c2cc3c(s2)CCCC3)n1. The summed E-state index contributed by atoms with van der Waals surface area (Å²) < 4.78 is 10.2. The molecule has 0 atom stereocenters. The first-order chi connectivity index (χ1) is 9.76. The molecule has 0 unspecified atom stereocenters. The number of hydrogen-bond acceptors (Lipinski definition) is 6. The van der Waals surface area contributed by atoms with E-state index in [1.54, 1.807) is 11.3 Å². The maximum absolute atomic E-state index is 12.0. The predicted octanol–water partition coefficient (Wildman–Crippen LogP) is 2.93. The van der Waals surface area contributed by atoms with Crippen molar-refractivity contribution in [2.45, 2.75) is 45.6 Å². The summed E-state index contributed by atoms with van der Waals surface area (Å²) in [6.45, 7) is 1.98. The minimum Gasteiger partial charge on any atom is -0.451 e. The molecule has 1 aliphatic carbocycles. The zero-order valence-corrected chi connectivity index (χ0v) is 12.2. The van der Waals surface area contributed by atoms with Crippen LogP contribution in [0.25, 0.3) is 0 Å². The number of carbonyl (C=O) groups is 1. The van der Waals surface area contributed by atoms with Crippen molar-refractivity contribution >= 4 is 17.3 Å². The minimum atomic E-state index is -0.305. The van der Waals surface area contributed by atoms with E-state index in [4.69, 9.17) is 9.26 Å². The second-order valence-electron chi connectivity index (χ2n) is 4.80. The number of rotatable bonds is 4. The highest BCUT2D eigenvalue weighted by Gasteiger charge is 2.18. The van der Waals surface area contributed by atoms with Gasteiger partial charge in [0.05, 0.1) is 0 Å². The molecule has 0 radical (unpaired) electrons. The molecular weight excluding hydrogens is 276 g/mol. The Bertz CT molecular complexity index is 594. The van der Waals surface area contributed by atoms with E-state index in [9.17, 15) is 4.79 Å². The fourth-order valence-electron chi connectivity index (χ4n) is 2.28. The van der Waals surface area contributed by atoms with Crippen LogP contribution in [0, 0.1) is 0 Å². The number of fused-ring (bicyclic) bond motifs is 1. The Balaban J connectivity index is 1.62. The fraction of sp³-hybridized carbons (Fsp3) is 0.500. The van der Waals surface area contributed by atoms with Crippen LogP contribution in [0.2, 0.25) is 0 Å². The average molecular weight is 292 g/mol. The molecule has 106 valence electrons. The summed E-state index contributed by atoms with van der Waals surface area (Å²) in [6.07, 6.45) is 5.28. The highest BCUT2D eigenvalue weighted by atomic mass is 32.1. The van der Waals surface area contributed by atoms with Gasteiger partial charge in [-0.15, -0.1) is 11.3 Å². The first-order valence-corrected chi connectivity index (χ1v) is 7.68. The fourth-order valence-corrected chi connectivity index (χ4v) is 3.43. The first kappa shape index (κ1) is 13.3. The van der Waals surface area contributed by atoms with Gasteiger partial charge in [0.15, 0.2) is 12.4 Å². The normalized spacial score (nSPS) is 14.1. The van der Waals surface area contributed by atoms with Gasteiger partial charge in [-0.1, -0.05) is 12.1 Å². The molecule has 0 N–H and O–H groups in total. The number of nitrogens with zero attached hydrogens (tertiary/aromatic N) is 2. The molecule has 0 spiro atoms. The molecule has 0 aliphatic heterocycles. The number of aryl methyl sites for hydroxylation is 3. The van der Waals surface area contributed by atoms with Gasteiger partial charge in [0, 0.05) is 11.3 Å². The number of esters is 1. The smallest absolute Gasteiger partial charge is 0.348 e. The Morgan fingerprint density at radius 3 is 3.05 bits per heavy atom. The second kappa shape index (κ2) is 5.75. The van der Waals surface area contributed by atoms with Gasteiger partial charge in [-0.2, -0.15) is 4.98 Å². The van der Waals surface area contributed by atoms with Crippen LogP contribution < -0.4 is 0 Å². The van der Waals surface area contributed by atoms with Crippen molar-refractivity contribution in [1.82, 2.24) is 10.1 Å². The van der Waals surface area contributed by atoms with Crippen LogP contribution in [0.1, 0.15) is 51.6 Å². The molecule has 0 aromatic carbocycles. The summed E-state index contributed by atoms with van der Waals surface area (Å²) in [5.41, 5.74) is 1.30. The first-order valence-electron chi connectivity index (χ1n) is 6.86. The standard InChI is InChI=1S/C14H16N2O3S/c1-2-12-15-13(19-16-12)8-18-14(17)11-7-9-5-3-4-6-10(9)20-11/h7H,2-6,8H2,1H3. The van der Waals surface area contributed by atoms with Gasteiger partial charge in [0.1, 0.15) is 4.88 Å². The van der Waals surface area contributed by atoms with Gasteiger partial charge in [-0.3, -0.25) is 0 Å². The van der Waals surface area contributed by atoms with Crippen LogP contribution in [0.3, 0.4) is 0 Å². The topological polar surface area (TPSA) is 65.2 Å². The Kier molecular flexibility index (Phi) is 3.82. The van der Waals surface area contributed by atoms with Gasteiger partial charge in [0.2, 0.25) is 0 Å². The molecule has 0 saturated carbocycles. The molecule has 3 rings (SSSR count). The number of ether oxygens (including phenoxy) is 1. The lowest BCUT2D eigenvalue weighted by Crippen LogP contribution is -2.03. The molecule has 2 aromatic heterocycles. The van der Waals surface area contributed by atoms with Crippen molar-refractivity contribution in [3.63, 3.8) is 0 Å². The van der Waals surface area contributed by atoms with Gasteiger partial charge >= 0.3 is 5.97 Å². The number of aromatic nitrogens is 2. The number of thiophene rings is 1. The molecule has 2 aromatic rings. The van der Waals surface area contributed by atoms with Crippen LogP contribution in [0.5, 0.6) is 0 Å². The zero-order chi connectivity index (χ0) is 13.9. The van der Waals surface area contributed by atoms with Crippen LogP contribution in [0.15, 0.2) is 10.6 Å². The van der Waals surface area contributed by atoms with Crippen LogP contribution >= 0.6 is 11.3 Å². The predicted molar refractivity (Wildman–Crippen MR) is 73.8 cm³/mol. The maximum atomic E-state index is 12.0. The van der Waals surface area contributed by atoms with Crippen molar-refractivity contribution in [3.05, 3.63) is 33.1 Å². The van der Waals surface area contributed by atoms with Gasteiger partial charge in [0.25, 0.3) is 5.89 Å². The summed E-state index contributed by atoms with van der Waals surface area (Å²) >= 11 is 1.55. The van der Waals surface area contributed by atoms with Crippen LogP contribution in [-0.4, -0.2) is 16.1 Å². The lowest BCUT2D eigenvalue weighted by Gasteiger charge is -2.08. The van der Waals surface area contributed by atoms with E-state index in [0.717, 1.165) is 12.8 Å². The average Bonchev–Trinajstić information content (AvgIpc) is 3.10. The van der Waals surface area contributed by atoms with Gasteiger partial charge in [-0.25, -0.2) is 4.79 Å². The van der Waals surface area contributed by atoms with Crippen molar-refractivity contribution in [1.29, 1.82) is 0 Å². The highest BCUT2D eigenvalue weighted by Crippen LogP contribution is 2.30. The maximum Gasteiger partial charge on any atom is 0.348 e. The van der Waals surface area contributed by atoms with E-state index in [1.165, 1.54) is 23.3 Å². The Morgan fingerprint density at radius 1 is 1.45 bits per heavy atom. The minimum absolute atomic E-state index is 0.0361. The van der Waals surface area contributed by atoms with Gasteiger partial charge in [-0.05, 0) is 37.3 Å². The van der Waals surface area contributed by atoms with Crippen molar-refractivity contribution in [3.8, 4) is 0 Å². The summed E-state index contributed by atoms with van der Waals surface area (Å²) in [7, 11) is 0. The van der Waals surface area contributed by atoms with Crippen LogP contribution in [0.4, 0.5) is 0 Å². The molecule has 1 aliphatic rings. The molecule has 20 heavy (non-hydrogen) atoms. The lowest BCUT2D eigenvalue weighted by atomic mass is 9.99. The number of carbonyl (C=O) groups excluding carboxylic acids is 1. The van der Waals surface area contributed by atoms with E-state index in [0.29, 0.717) is 23.0 Å². The quantitative estimate of drug-likeness (QED) is 0.811. The van der Waals surface area contributed by atoms with E-state index in [2.05, 4.69) is 10.1 Å². The molecular formula is C14H16N2O3S. The van der Waals surface area contributed by atoms with E-state index in [-0.39, 0.29) is 12.6 Å². The summed E-state index contributed by atoms with van der Waals surface area (Å²) in [4.78, 5) is 18.1. The highest BCUT2D eigenvalue weighted by molar-refractivity contribution is 7.14. The molecule has 0 amide bonds. The summed E-state index contributed by atoms with van der Waals surface area (Å²) in [5.74, 6) is 0.666. The van der Waals surface area contributed by atoms with E-state index >= 15 is 0 Å². The molecule has 6 heteroatoms. The van der Waals surface area contributed by atoms with E-state index in [1.807, 2.05) is 13.0 Å². The monoisotopic (exact) mass is 292 g/mol. The third kappa shape index (κ3) is 2.75. The summed E-state index contributed by atoms with van der Waals surface area (Å²) in [5, 5.41) is 3.76. The van der Waals surface area contributed by atoms with Crippen molar-refractivity contribution < 1.29 is 14.1 Å². The third-order valence-corrected chi connectivity index (χ3v) is 4.57. The largest absolute Gasteiger partial charge is 0.451 e. The van der Waals surface area contributed by atoms with Crippen LogP contribution in [-0.2, 0) is 30.6 Å². The Hall–Kier alpha value is -1.69. The zero-order valence-electron chi connectivity index (χ0n) is 11.3. The Labute approximate surface area is 121 Å². The summed E-state index contributed by atoms with van der Waals surface area (Å²) in [6, 6.07) is 1.97. The van der Waals surface area contributed by atoms with Crippen molar-refractivity contribution in [2.24, 2.45) is 0 Å². The number of hydrogen-bond donors (Lipinski definition) is 0. The molecule has 0 saturated heterocycles. The molecule has 2 heterocycles. The second-order valence-corrected chi connectivity index (χ2v) is 5.94. The lowest BCUT2D eigenvalue weighted by molar-refractivity contribution is 0.0435. The molecule has 0 fully saturated rings.